The van der Waals surface area contributed by atoms with Crippen molar-refractivity contribution in [2.75, 3.05) is 19.1 Å². The molecule has 256 valence electrons. The Bertz CT molecular complexity index is 1590. The highest BCUT2D eigenvalue weighted by atomic mass is 32.2. The van der Waals surface area contributed by atoms with Gasteiger partial charge in [0.1, 0.15) is 6.04 Å². The SMILES string of the molecule is COC1CCC(C[C@@H](O)[C@H](Cc2ccccc2)NC(=O)[C@@H](CSc2cccc3ccccc23)NS(C)(=O)=O)C(C(=O)NC(C)(C)C)C1. The number of rotatable bonds is 14. The monoisotopic (exact) mass is 683 g/mol. The largest absolute Gasteiger partial charge is 0.391 e. The number of hydrogen-bond donors (Lipinski definition) is 4. The van der Waals surface area contributed by atoms with Gasteiger partial charge in [-0.15, -0.1) is 11.8 Å². The molecule has 0 heterocycles. The summed E-state index contributed by atoms with van der Waals surface area (Å²) in [6.07, 6.45) is 2.66. The van der Waals surface area contributed by atoms with E-state index in [2.05, 4.69) is 15.4 Å². The fourth-order valence-corrected chi connectivity index (χ4v) is 8.21. The first-order chi connectivity index (χ1) is 22.2. The molecule has 1 saturated carbocycles. The van der Waals surface area contributed by atoms with Crippen LogP contribution in [0.4, 0.5) is 0 Å². The molecule has 9 nitrogen and oxygen atoms in total. The van der Waals surface area contributed by atoms with Crippen molar-refractivity contribution in [3.8, 4) is 0 Å². The molecule has 2 amide bonds. The lowest BCUT2D eigenvalue weighted by atomic mass is 9.73. The summed E-state index contributed by atoms with van der Waals surface area (Å²) in [5.74, 6) is -0.915. The van der Waals surface area contributed by atoms with E-state index in [4.69, 9.17) is 4.74 Å². The molecule has 1 aliphatic rings. The second-order valence-corrected chi connectivity index (χ2v) is 16.5. The molecule has 0 bridgehead atoms. The second-order valence-electron chi connectivity index (χ2n) is 13.6. The molecule has 3 aromatic rings. The molecule has 0 aromatic heterocycles. The zero-order valence-corrected chi connectivity index (χ0v) is 29.6. The first-order valence-electron chi connectivity index (χ1n) is 16.2. The van der Waals surface area contributed by atoms with Gasteiger partial charge in [-0.05, 0) is 81.2 Å². The summed E-state index contributed by atoms with van der Waals surface area (Å²) >= 11 is 1.40. The van der Waals surface area contributed by atoms with Crippen LogP contribution in [0.3, 0.4) is 0 Å². The number of aliphatic hydroxyl groups is 1. The number of ether oxygens (including phenoxy) is 1. The Balaban J connectivity index is 1.55. The first-order valence-corrected chi connectivity index (χ1v) is 19.0. The topological polar surface area (TPSA) is 134 Å². The summed E-state index contributed by atoms with van der Waals surface area (Å²) in [4.78, 5) is 28.2. The third kappa shape index (κ3) is 11.3. The van der Waals surface area contributed by atoms with Crippen LogP contribution in [0.2, 0.25) is 0 Å². The second kappa shape index (κ2) is 16.4. The van der Waals surface area contributed by atoms with Crippen LogP contribution >= 0.6 is 11.8 Å². The Kier molecular flexibility index (Phi) is 12.9. The summed E-state index contributed by atoms with van der Waals surface area (Å²) < 4.78 is 32.9. The normalized spacial score (nSPS) is 20.7. The fraction of sp³-hybridized carbons (Fsp3) is 0.500. The van der Waals surface area contributed by atoms with Crippen LogP contribution in [-0.2, 0) is 30.8 Å². The summed E-state index contributed by atoms with van der Waals surface area (Å²) in [5.41, 5.74) is 0.509. The van der Waals surface area contributed by atoms with Gasteiger partial charge in [0.2, 0.25) is 21.8 Å². The molecule has 0 aliphatic heterocycles. The quantitative estimate of drug-likeness (QED) is 0.182. The predicted octanol–water partition coefficient (Wildman–Crippen LogP) is 4.67. The molecule has 1 fully saturated rings. The third-order valence-electron chi connectivity index (χ3n) is 8.58. The maximum Gasteiger partial charge on any atom is 0.239 e. The lowest BCUT2D eigenvalue weighted by Crippen LogP contribution is -2.54. The summed E-state index contributed by atoms with van der Waals surface area (Å²) in [6, 6.07) is 21.6. The van der Waals surface area contributed by atoms with Crippen molar-refractivity contribution >= 4 is 44.4 Å². The maximum atomic E-state index is 13.9. The molecule has 3 aromatic carbocycles. The lowest BCUT2D eigenvalue weighted by molar-refractivity contribution is -0.132. The average molecular weight is 684 g/mol. The lowest BCUT2D eigenvalue weighted by Gasteiger charge is -2.38. The highest BCUT2D eigenvalue weighted by Gasteiger charge is 2.39. The van der Waals surface area contributed by atoms with Crippen molar-refractivity contribution in [3.05, 3.63) is 78.4 Å². The highest BCUT2D eigenvalue weighted by molar-refractivity contribution is 7.99. The molecule has 4 rings (SSSR count). The van der Waals surface area contributed by atoms with Gasteiger partial charge in [0.05, 0.1) is 24.5 Å². The van der Waals surface area contributed by atoms with Crippen LogP contribution in [0.15, 0.2) is 77.7 Å². The Hall–Kier alpha value is -2.96. The molecule has 0 spiro atoms. The molecule has 4 N–H and O–H groups in total. The van der Waals surface area contributed by atoms with Gasteiger partial charge in [0.15, 0.2) is 0 Å². The van der Waals surface area contributed by atoms with E-state index in [-0.39, 0.29) is 29.6 Å². The van der Waals surface area contributed by atoms with E-state index in [1.54, 1.807) is 7.11 Å². The van der Waals surface area contributed by atoms with Gasteiger partial charge in [-0.25, -0.2) is 13.1 Å². The standard InChI is InChI=1S/C36H49N3O6S2/c1-36(2,3)38-34(41)29-22-27(45-4)19-18-26(29)21-32(40)30(20-24-12-7-6-8-13-24)37-35(42)31(39-47(5,43)44)23-46-33-17-11-15-25-14-9-10-16-28(25)33/h6-17,26-27,29-32,39-40H,18-23H2,1-5H3,(H,37,42)(H,38,41)/t26?,27?,29?,30-,31+,32+/m0/s1. The van der Waals surface area contributed by atoms with Crippen LogP contribution < -0.4 is 15.4 Å². The van der Waals surface area contributed by atoms with E-state index >= 15 is 0 Å². The van der Waals surface area contributed by atoms with Gasteiger partial charge in [-0.2, -0.15) is 0 Å². The number of amides is 2. The van der Waals surface area contributed by atoms with Crippen LogP contribution in [0.25, 0.3) is 10.8 Å². The van der Waals surface area contributed by atoms with Crippen LogP contribution in [-0.4, -0.2) is 74.3 Å². The van der Waals surface area contributed by atoms with E-state index in [1.165, 1.54) is 11.8 Å². The van der Waals surface area contributed by atoms with E-state index < -0.39 is 39.7 Å². The van der Waals surface area contributed by atoms with E-state index in [9.17, 15) is 23.1 Å². The number of carbonyl (C=O) groups is 2. The Labute approximate surface area is 283 Å². The van der Waals surface area contributed by atoms with Crippen molar-refractivity contribution in [2.24, 2.45) is 11.8 Å². The van der Waals surface area contributed by atoms with Gasteiger partial charge < -0.3 is 20.5 Å². The zero-order chi connectivity index (χ0) is 34.2. The number of sulfonamides is 1. The van der Waals surface area contributed by atoms with E-state index in [0.717, 1.165) is 33.9 Å². The summed E-state index contributed by atoms with van der Waals surface area (Å²) in [5, 5.41) is 19.9. The number of aliphatic hydroxyl groups excluding tert-OH is 1. The van der Waals surface area contributed by atoms with Crippen LogP contribution in [0.5, 0.6) is 0 Å². The molecule has 0 radical (unpaired) electrons. The molecule has 3 unspecified atom stereocenters. The molecule has 0 saturated heterocycles. The molecule has 1 aliphatic carbocycles. The van der Waals surface area contributed by atoms with Crippen LogP contribution in [0.1, 0.15) is 52.0 Å². The molecular weight excluding hydrogens is 635 g/mol. The average Bonchev–Trinajstić information content (AvgIpc) is 3.02. The highest BCUT2D eigenvalue weighted by Crippen LogP contribution is 2.36. The zero-order valence-electron chi connectivity index (χ0n) is 27.9. The summed E-state index contributed by atoms with van der Waals surface area (Å²) in [7, 11) is -2.08. The minimum absolute atomic E-state index is 0.0407. The molecule has 47 heavy (non-hydrogen) atoms. The maximum absolute atomic E-state index is 13.9. The van der Waals surface area contributed by atoms with Gasteiger partial charge in [0.25, 0.3) is 0 Å². The van der Waals surface area contributed by atoms with Gasteiger partial charge in [0, 0.05) is 29.2 Å². The van der Waals surface area contributed by atoms with Crippen molar-refractivity contribution in [2.45, 2.75) is 87.6 Å². The Morgan fingerprint density at radius 1 is 1.00 bits per heavy atom. The number of nitrogens with one attached hydrogen (secondary N) is 3. The van der Waals surface area contributed by atoms with E-state index in [0.29, 0.717) is 25.7 Å². The molecular formula is C36H49N3O6S2. The van der Waals surface area contributed by atoms with Gasteiger partial charge >= 0.3 is 0 Å². The van der Waals surface area contributed by atoms with Gasteiger partial charge in [-0.1, -0.05) is 66.7 Å². The van der Waals surface area contributed by atoms with Crippen LogP contribution in [0, 0.1) is 11.8 Å². The smallest absolute Gasteiger partial charge is 0.239 e. The fourth-order valence-electron chi connectivity index (χ4n) is 6.30. The Morgan fingerprint density at radius 3 is 2.36 bits per heavy atom. The van der Waals surface area contributed by atoms with Gasteiger partial charge in [-0.3, -0.25) is 9.59 Å². The van der Waals surface area contributed by atoms with Crippen molar-refractivity contribution in [3.63, 3.8) is 0 Å². The number of thioether (sulfide) groups is 1. The number of fused-ring (bicyclic) bond motifs is 1. The number of benzene rings is 3. The van der Waals surface area contributed by atoms with Crippen molar-refractivity contribution in [1.82, 2.24) is 15.4 Å². The summed E-state index contributed by atoms with van der Waals surface area (Å²) in [6.45, 7) is 5.82. The number of methoxy groups -OCH3 is 1. The van der Waals surface area contributed by atoms with E-state index in [1.807, 2.05) is 93.6 Å². The third-order valence-corrected chi connectivity index (χ3v) is 10.5. The number of hydrogen-bond acceptors (Lipinski definition) is 7. The first kappa shape index (κ1) is 36.9. The van der Waals surface area contributed by atoms with Crippen molar-refractivity contribution < 1.29 is 27.9 Å². The number of carbonyl (C=O) groups excluding carboxylic acids is 2. The van der Waals surface area contributed by atoms with Crippen molar-refractivity contribution in [1.29, 1.82) is 0 Å². The minimum atomic E-state index is -3.74. The molecule has 6 atom stereocenters. The molecule has 11 heteroatoms. The Morgan fingerprint density at radius 2 is 1.68 bits per heavy atom. The predicted molar refractivity (Wildman–Crippen MR) is 189 cm³/mol. The minimum Gasteiger partial charge on any atom is -0.391 e.